The van der Waals surface area contributed by atoms with Gasteiger partial charge >= 0.3 is 0 Å². The molecular weight excluding hydrogens is 504 g/mol. The maximum absolute atomic E-state index is 11.9. The van der Waals surface area contributed by atoms with Gasteiger partial charge in [-0.15, -0.1) is 0 Å². The Morgan fingerprint density at radius 2 is 1.67 bits per heavy atom. The average Bonchev–Trinajstić information content (AvgIpc) is 3.55. The predicted molar refractivity (Wildman–Crippen MR) is 135 cm³/mol. The third-order valence-electron chi connectivity index (χ3n) is 6.44. The second-order valence-corrected chi connectivity index (χ2v) is 11.6. The van der Waals surface area contributed by atoms with Crippen LogP contribution in [-0.2, 0) is 19.2 Å². The number of aliphatic hydroxyl groups is 1. The molecule has 0 spiro atoms. The predicted octanol–water partition coefficient (Wildman–Crippen LogP) is 3.89. The van der Waals surface area contributed by atoms with Crippen molar-refractivity contribution in [2.45, 2.75) is 29.3 Å². The van der Waals surface area contributed by atoms with Crippen LogP contribution in [0.3, 0.4) is 0 Å². The highest BCUT2D eigenvalue weighted by atomic mass is 35.5. The summed E-state index contributed by atoms with van der Waals surface area (Å²) in [5, 5.41) is 10.4. The van der Waals surface area contributed by atoms with Crippen molar-refractivity contribution in [2.75, 3.05) is 19.5 Å². The number of imidazole rings is 1. The largest absolute Gasteiger partial charge is 0.456 e. The number of pyridine rings is 1. The van der Waals surface area contributed by atoms with Crippen molar-refractivity contribution in [3.05, 3.63) is 59.6 Å². The number of H-pyrrole nitrogens is 1. The molecule has 2 saturated heterocycles. The van der Waals surface area contributed by atoms with E-state index in [1.165, 1.54) is 6.26 Å². The Morgan fingerprint density at radius 3 is 2.36 bits per heavy atom. The van der Waals surface area contributed by atoms with Crippen molar-refractivity contribution < 1.29 is 23.5 Å². The lowest BCUT2D eigenvalue weighted by molar-refractivity contribution is 0.00706. The Bertz CT molecular complexity index is 1540. The van der Waals surface area contributed by atoms with Gasteiger partial charge in [-0.25, -0.2) is 14.0 Å². The lowest BCUT2D eigenvalue weighted by Gasteiger charge is -2.15. The van der Waals surface area contributed by atoms with Gasteiger partial charge in [0.15, 0.2) is 11.8 Å². The van der Waals surface area contributed by atoms with Crippen LogP contribution in [-0.4, -0.2) is 68.2 Å². The summed E-state index contributed by atoms with van der Waals surface area (Å²) in [6, 6.07) is 17.0. The molecule has 4 aromatic rings. The van der Waals surface area contributed by atoms with Crippen molar-refractivity contribution in [3.63, 3.8) is 0 Å². The quantitative estimate of drug-likeness (QED) is 0.359. The topological polar surface area (TPSA) is 130 Å². The van der Waals surface area contributed by atoms with Gasteiger partial charge < -0.3 is 19.3 Å². The lowest BCUT2D eigenvalue weighted by atomic mass is 10.0. The fourth-order valence-corrected chi connectivity index (χ4v) is 5.48. The molecule has 0 aliphatic carbocycles. The van der Waals surface area contributed by atoms with Crippen LogP contribution in [0.25, 0.3) is 33.5 Å². The van der Waals surface area contributed by atoms with E-state index in [2.05, 4.69) is 15.0 Å². The van der Waals surface area contributed by atoms with Gasteiger partial charge in [0, 0.05) is 16.7 Å². The first kappa shape index (κ1) is 23.4. The molecule has 2 aliphatic rings. The second kappa shape index (κ2) is 8.82. The molecule has 1 unspecified atom stereocenters. The van der Waals surface area contributed by atoms with Gasteiger partial charge in [0.25, 0.3) is 6.01 Å². The van der Waals surface area contributed by atoms with Crippen LogP contribution in [0.1, 0.15) is 0 Å². The molecule has 36 heavy (non-hydrogen) atoms. The standard InChI is InChI=1S/C25H23ClN4O5S/c1-36(27,32)16-8-6-14(7-9-16)13-2-4-15(5-3-13)21-17(26)10-18-24(29-21)30-25(28-18)35-20-12-34-22-19(31)11-33-23(20)22/h2-10,19-20,22-23,27,31H,11-12H2,1H3,(H,28,29,30)/t19-,20-,22-,23-,36?/m1/s1. The van der Waals surface area contributed by atoms with Gasteiger partial charge in [-0.05, 0) is 29.3 Å². The normalized spacial score (nSPS) is 25.1. The molecule has 2 fully saturated rings. The fourth-order valence-electron chi connectivity index (χ4n) is 4.57. The second-order valence-electron chi connectivity index (χ2n) is 8.99. The van der Waals surface area contributed by atoms with E-state index in [1.807, 2.05) is 36.4 Å². The minimum Gasteiger partial charge on any atom is -0.456 e. The molecule has 0 radical (unpaired) electrons. The molecule has 5 atom stereocenters. The number of nitrogens with one attached hydrogen (secondary N) is 2. The van der Waals surface area contributed by atoms with E-state index in [-0.39, 0.29) is 30.9 Å². The van der Waals surface area contributed by atoms with E-state index in [0.717, 1.165) is 16.7 Å². The SMILES string of the molecule is CS(=N)(=O)c1ccc(-c2ccc(-c3nc4[nH]c(O[C@@H]5CO[C@H]6[C@@H]5OC[C@H]6O)nc4cc3Cl)cc2)cc1. The number of aromatic amines is 1. The monoisotopic (exact) mass is 526 g/mol. The summed E-state index contributed by atoms with van der Waals surface area (Å²) >= 11 is 6.55. The van der Waals surface area contributed by atoms with Crippen LogP contribution in [0.5, 0.6) is 6.01 Å². The Kier molecular flexibility index (Phi) is 5.73. The minimum atomic E-state index is -2.74. The Morgan fingerprint density at radius 1 is 1.03 bits per heavy atom. The van der Waals surface area contributed by atoms with Gasteiger partial charge in [-0.3, -0.25) is 4.98 Å². The van der Waals surface area contributed by atoms with Crippen molar-refractivity contribution in [3.8, 4) is 28.4 Å². The minimum absolute atomic E-state index is 0.228. The lowest BCUT2D eigenvalue weighted by Crippen LogP contribution is -2.34. The van der Waals surface area contributed by atoms with Gasteiger partial charge in [-0.2, -0.15) is 4.98 Å². The summed E-state index contributed by atoms with van der Waals surface area (Å²) < 4.78 is 36.8. The van der Waals surface area contributed by atoms with Crippen LogP contribution in [0.15, 0.2) is 59.5 Å². The smallest absolute Gasteiger partial charge is 0.296 e. The van der Waals surface area contributed by atoms with Crippen molar-refractivity contribution in [1.29, 1.82) is 4.78 Å². The summed E-state index contributed by atoms with van der Waals surface area (Å²) in [5.41, 5.74) is 4.47. The van der Waals surface area contributed by atoms with Gasteiger partial charge in [-0.1, -0.05) is 48.0 Å². The molecule has 2 aromatic carbocycles. The summed E-state index contributed by atoms with van der Waals surface area (Å²) in [4.78, 5) is 12.7. The van der Waals surface area contributed by atoms with Crippen LogP contribution >= 0.6 is 11.6 Å². The maximum Gasteiger partial charge on any atom is 0.296 e. The van der Waals surface area contributed by atoms with Gasteiger partial charge in [0.2, 0.25) is 0 Å². The van der Waals surface area contributed by atoms with Gasteiger partial charge in [0.1, 0.15) is 23.8 Å². The zero-order valence-electron chi connectivity index (χ0n) is 19.2. The number of halogens is 1. The van der Waals surface area contributed by atoms with Crippen LogP contribution in [0, 0.1) is 4.78 Å². The average molecular weight is 527 g/mol. The van der Waals surface area contributed by atoms with Gasteiger partial charge in [0.05, 0.1) is 33.7 Å². The molecule has 3 N–H and O–H groups in total. The highest BCUT2D eigenvalue weighted by molar-refractivity contribution is 7.91. The zero-order valence-corrected chi connectivity index (χ0v) is 20.8. The fraction of sp³-hybridized carbons (Fsp3) is 0.280. The molecule has 186 valence electrons. The summed E-state index contributed by atoms with van der Waals surface area (Å²) in [7, 11) is -2.74. The van der Waals surface area contributed by atoms with E-state index in [9.17, 15) is 9.32 Å². The van der Waals surface area contributed by atoms with E-state index in [0.29, 0.717) is 33.4 Å². The number of aliphatic hydroxyl groups excluding tert-OH is 1. The number of nitrogens with zero attached hydrogens (tertiary/aromatic N) is 2. The van der Waals surface area contributed by atoms with Crippen molar-refractivity contribution in [2.24, 2.45) is 0 Å². The maximum atomic E-state index is 11.9. The molecule has 9 nitrogen and oxygen atoms in total. The number of benzene rings is 2. The first-order valence-electron chi connectivity index (χ1n) is 11.3. The van der Waals surface area contributed by atoms with E-state index in [4.69, 9.17) is 30.6 Å². The summed E-state index contributed by atoms with van der Waals surface area (Å²) in [6.45, 7) is 0.532. The summed E-state index contributed by atoms with van der Waals surface area (Å²) in [6.07, 6.45) is -0.342. The molecular formula is C25H23ClN4O5S. The Labute approximate surface area is 212 Å². The highest BCUT2D eigenvalue weighted by Gasteiger charge is 2.48. The number of rotatable bonds is 5. The van der Waals surface area contributed by atoms with E-state index in [1.54, 1.807) is 18.2 Å². The van der Waals surface area contributed by atoms with Crippen LogP contribution in [0.2, 0.25) is 5.02 Å². The van der Waals surface area contributed by atoms with Crippen LogP contribution < -0.4 is 4.74 Å². The molecule has 11 heteroatoms. The number of ether oxygens (including phenoxy) is 3. The zero-order chi connectivity index (χ0) is 25.0. The van der Waals surface area contributed by atoms with Crippen molar-refractivity contribution in [1.82, 2.24) is 15.0 Å². The van der Waals surface area contributed by atoms with Crippen LogP contribution in [0.4, 0.5) is 0 Å². The molecule has 0 amide bonds. The number of fused-ring (bicyclic) bond motifs is 2. The number of hydrogen-bond donors (Lipinski definition) is 3. The number of hydrogen-bond acceptors (Lipinski definition) is 8. The number of aromatic nitrogens is 3. The molecule has 2 aromatic heterocycles. The third-order valence-corrected chi connectivity index (χ3v) is 7.90. The summed E-state index contributed by atoms with van der Waals surface area (Å²) in [5.74, 6) is 0. The molecule has 4 heterocycles. The Hall–Kier alpha value is -3.02. The molecule has 0 saturated carbocycles. The van der Waals surface area contributed by atoms with Crippen molar-refractivity contribution >= 4 is 32.5 Å². The molecule has 2 aliphatic heterocycles. The van der Waals surface area contributed by atoms with E-state index >= 15 is 0 Å². The first-order valence-corrected chi connectivity index (χ1v) is 13.7. The van der Waals surface area contributed by atoms with E-state index < -0.39 is 15.8 Å². The molecule has 6 rings (SSSR count). The molecule has 0 bridgehead atoms. The first-order chi connectivity index (χ1) is 17.3. The third kappa shape index (κ3) is 4.25. The Balaban J connectivity index is 1.23. The highest BCUT2D eigenvalue weighted by Crippen LogP contribution is 2.33.